The van der Waals surface area contributed by atoms with Crippen LogP contribution in [-0.4, -0.2) is 19.3 Å². The van der Waals surface area contributed by atoms with E-state index < -0.39 is 0 Å². The summed E-state index contributed by atoms with van der Waals surface area (Å²) in [6.07, 6.45) is 0. The van der Waals surface area contributed by atoms with Gasteiger partial charge in [0, 0.05) is 0 Å². The number of hydrogen-bond acceptors (Lipinski definition) is 2. The molecule has 0 aromatic heterocycles. The Balaban J connectivity index is 1.99. The van der Waals surface area contributed by atoms with E-state index in [1.165, 1.54) is 21.5 Å². The van der Waals surface area contributed by atoms with Gasteiger partial charge in [0.25, 0.3) is 0 Å². The summed E-state index contributed by atoms with van der Waals surface area (Å²) in [6, 6.07) is 19.1. The van der Waals surface area contributed by atoms with Gasteiger partial charge in [-0.1, -0.05) is 54.6 Å². The van der Waals surface area contributed by atoms with Crippen molar-refractivity contribution >= 4 is 34.1 Å². The van der Waals surface area contributed by atoms with Crippen molar-refractivity contribution in [2.75, 3.05) is 6.61 Å². The minimum absolute atomic E-state index is 0.225. The molecular weight excluding hydrogens is 259 g/mol. The lowest BCUT2D eigenvalue weighted by Gasteiger charge is -2.17. The van der Waals surface area contributed by atoms with Crippen LogP contribution in [0.1, 0.15) is 13.8 Å². The summed E-state index contributed by atoms with van der Waals surface area (Å²) in [7, 11) is -0.283. The Kier molecular flexibility index (Phi) is 2.81. The van der Waals surface area contributed by atoms with E-state index in [9.17, 15) is 0 Å². The third kappa shape index (κ3) is 2.13. The van der Waals surface area contributed by atoms with Gasteiger partial charge in [-0.05, 0) is 40.9 Å². The van der Waals surface area contributed by atoms with Crippen molar-refractivity contribution in [2.45, 2.75) is 19.4 Å². The van der Waals surface area contributed by atoms with Gasteiger partial charge in [0.1, 0.15) is 0 Å². The third-order valence-corrected chi connectivity index (χ3v) is 4.06. The Morgan fingerprint density at radius 3 is 2.29 bits per heavy atom. The standard InChI is InChI=1S/C18H17BO2/c1-18(2)12-20-19(21-18)17-11-13-7-3-4-8-14(13)15-9-5-6-10-16(15)17/h3-11H,12H2,1-2H3. The van der Waals surface area contributed by atoms with Gasteiger partial charge in [-0.15, -0.1) is 0 Å². The average Bonchev–Trinajstić information content (AvgIpc) is 2.86. The predicted molar refractivity (Wildman–Crippen MR) is 88.0 cm³/mol. The lowest BCUT2D eigenvalue weighted by Crippen LogP contribution is -2.35. The molecule has 1 aliphatic heterocycles. The Morgan fingerprint density at radius 1 is 0.905 bits per heavy atom. The smallest absolute Gasteiger partial charge is 0.404 e. The molecular formula is C18H17BO2. The molecule has 1 aliphatic rings. The summed E-state index contributed by atoms with van der Waals surface area (Å²) in [5.74, 6) is 0. The van der Waals surface area contributed by atoms with Crippen LogP contribution in [0, 0.1) is 0 Å². The quantitative estimate of drug-likeness (QED) is 0.500. The summed E-state index contributed by atoms with van der Waals surface area (Å²) in [5.41, 5.74) is 0.895. The molecule has 0 aliphatic carbocycles. The molecule has 0 radical (unpaired) electrons. The lowest BCUT2D eigenvalue weighted by atomic mass is 9.75. The van der Waals surface area contributed by atoms with Crippen molar-refractivity contribution in [3.05, 3.63) is 54.6 Å². The molecule has 0 amide bonds. The van der Waals surface area contributed by atoms with E-state index in [0.29, 0.717) is 6.61 Å². The second kappa shape index (κ2) is 4.59. The molecule has 3 aromatic carbocycles. The largest absolute Gasteiger partial charge is 0.495 e. The number of hydrogen-bond donors (Lipinski definition) is 0. The molecule has 3 aromatic rings. The predicted octanol–water partition coefficient (Wildman–Crippen LogP) is 3.51. The first-order valence-electron chi connectivity index (χ1n) is 7.34. The molecule has 0 spiro atoms. The maximum atomic E-state index is 6.07. The molecule has 21 heavy (non-hydrogen) atoms. The monoisotopic (exact) mass is 276 g/mol. The lowest BCUT2D eigenvalue weighted by molar-refractivity contribution is 0.137. The Morgan fingerprint density at radius 2 is 1.57 bits per heavy atom. The highest BCUT2D eigenvalue weighted by Gasteiger charge is 2.39. The van der Waals surface area contributed by atoms with Gasteiger partial charge >= 0.3 is 7.12 Å². The number of rotatable bonds is 1. The molecule has 0 N–H and O–H groups in total. The van der Waals surface area contributed by atoms with Crippen LogP contribution in [-0.2, 0) is 9.31 Å². The topological polar surface area (TPSA) is 18.5 Å². The Hall–Kier alpha value is -1.84. The molecule has 3 heteroatoms. The first-order valence-corrected chi connectivity index (χ1v) is 7.34. The fourth-order valence-electron chi connectivity index (χ4n) is 3.07. The summed E-state index contributed by atoms with van der Waals surface area (Å²) in [4.78, 5) is 0. The zero-order chi connectivity index (χ0) is 14.4. The van der Waals surface area contributed by atoms with E-state index in [0.717, 1.165) is 5.46 Å². The van der Waals surface area contributed by atoms with Gasteiger partial charge < -0.3 is 9.31 Å². The molecule has 0 saturated carbocycles. The molecule has 2 nitrogen and oxygen atoms in total. The first-order chi connectivity index (χ1) is 10.1. The van der Waals surface area contributed by atoms with Crippen LogP contribution in [0.5, 0.6) is 0 Å². The SMILES string of the molecule is CC1(C)COB(c2cc3ccccc3c3ccccc23)O1. The number of benzene rings is 3. The van der Waals surface area contributed by atoms with Crippen LogP contribution in [0.2, 0.25) is 0 Å². The average molecular weight is 276 g/mol. The van der Waals surface area contributed by atoms with Gasteiger partial charge in [0.2, 0.25) is 0 Å². The fraction of sp³-hybridized carbons (Fsp3) is 0.222. The maximum Gasteiger partial charge on any atom is 0.495 e. The van der Waals surface area contributed by atoms with Crippen molar-refractivity contribution in [2.24, 2.45) is 0 Å². The zero-order valence-electron chi connectivity index (χ0n) is 12.3. The Labute approximate surface area is 124 Å². The molecule has 1 fully saturated rings. The van der Waals surface area contributed by atoms with Crippen molar-refractivity contribution in [1.29, 1.82) is 0 Å². The van der Waals surface area contributed by atoms with Crippen LogP contribution in [0.25, 0.3) is 21.5 Å². The molecule has 0 atom stereocenters. The normalized spacial score (nSPS) is 17.7. The summed E-state index contributed by atoms with van der Waals surface area (Å²) in [6.45, 7) is 4.76. The maximum absolute atomic E-state index is 6.07. The zero-order valence-corrected chi connectivity index (χ0v) is 12.3. The molecule has 1 heterocycles. The highest BCUT2D eigenvalue weighted by atomic mass is 16.7. The second-order valence-electron chi connectivity index (χ2n) is 6.25. The molecule has 4 rings (SSSR count). The minimum Gasteiger partial charge on any atom is -0.404 e. The van der Waals surface area contributed by atoms with E-state index in [1.54, 1.807) is 0 Å². The second-order valence-corrected chi connectivity index (χ2v) is 6.25. The van der Waals surface area contributed by atoms with Gasteiger partial charge in [-0.25, -0.2) is 0 Å². The van der Waals surface area contributed by atoms with Gasteiger partial charge in [0.15, 0.2) is 0 Å². The van der Waals surface area contributed by atoms with Crippen molar-refractivity contribution < 1.29 is 9.31 Å². The highest BCUT2D eigenvalue weighted by Crippen LogP contribution is 2.27. The van der Waals surface area contributed by atoms with Gasteiger partial charge in [-0.3, -0.25) is 0 Å². The summed E-state index contributed by atoms with van der Waals surface area (Å²) in [5, 5.41) is 4.96. The van der Waals surface area contributed by atoms with E-state index in [-0.39, 0.29) is 12.7 Å². The van der Waals surface area contributed by atoms with E-state index in [4.69, 9.17) is 9.31 Å². The number of fused-ring (bicyclic) bond motifs is 3. The van der Waals surface area contributed by atoms with Crippen LogP contribution in [0.4, 0.5) is 0 Å². The molecule has 1 saturated heterocycles. The minimum atomic E-state index is -0.283. The molecule has 104 valence electrons. The van der Waals surface area contributed by atoms with Crippen molar-refractivity contribution in [3.8, 4) is 0 Å². The van der Waals surface area contributed by atoms with Crippen LogP contribution >= 0.6 is 0 Å². The summed E-state index contributed by atoms with van der Waals surface area (Å²) < 4.78 is 12.0. The Bertz CT molecular complexity index is 826. The first kappa shape index (κ1) is 12.9. The van der Waals surface area contributed by atoms with E-state index in [1.807, 2.05) is 0 Å². The summed E-state index contributed by atoms with van der Waals surface area (Å²) >= 11 is 0. The van der Waals surface area contributed by atoms with Crippen molar-refractivity contribution in [1.82, 2.24) is 0 Å². The molecule has 0 bridgehead atoms. The van der Waals surface area contributed by atoms with Crippen LogP contribution in [0.15, 0.2) is 54.6 Å². The third-order valence-electron chi connectivity index (χ3n) is 4.06. The van der Waals surface area contributed by atoms with Gasteiger partial charge in [-0.2, -0.15) is 0 Å². The van der Waals surface area contributed by atoms with Crippen LogP contribution in [0.3, 0.4) is 0 Å². The van der Waals surface area contributed by atoms with Gasteiger partial charge in [0.05, 0.1) is 12.2 Å². The highest BCUT2D eigenvalue weighted by molar-refractivity contribution is 6.65. The van der Waals surface area contributed by atoms with Crippen LogP contribution < -0.4 is 5.46 Å². The molecule has 0 unspecified atom stereocenters. The fourth-order valence-corrected chi connectivity index (χ4v) is 3.07. The van der Waals surface area contributed by atoms with Crippen molar-refractivity contribution in [3.63, 3.8) is 0 Å². The van der Waals surface area contributed by atoms with E-state index in [2.05, 4.69) is 68.4 Å². The van der Waals surface area contributed by atoms with E-state index >= 15 is 0 Å².